The van der Waals surface area contributed by atoms with Gasteiger partial charge in [-0.2, -0.15) is 5.10 Å². The average Bonchev–Trinajstić information content (AvgIpc) is 3.57. The van der Waals surface area contributed by atoms with Crippen molar-refractivity contribution in [1.82, 2.24) is 14.7 Å². The normalized spacial score (nSPS) is 15.3. The summed E-state index contributed by atoms with van der Waals surface area (Å²) in [5.74, 6) is 0.194. The van der Waals surface area contributed by atoms with Gasteiger partial charge in [0.25, 0.3) is 5.91 Å². The van der Waals surface area contributed by atoms with Crippen LogP contribution in [0.25, 0.3) is 22.0 Å². The van der Waals surface area contributed by atoms with Crippen molar-refractivity contribution in [2.45, 2.75) is 32.7 Å². The van der Waals surface area contributed by atoms with Crippen molar-refractivity contribution in [3.63, 3.8) is 0 Å². The summed E-state index contributed by atoms with van der Waals surface area (Å²) >= 11 is 0. The zero-order chi connectivity index (χ0) is 26.6. The maximum absolute atomic E-state index is 13.2. The molecular formula is C31H32FN3O3. The third-order valence-corrected chi connectivity index (χ3v) is 7.39. The van der Waals surface area contributed by atoms with E-state index in [2.05, 4.69) is 0 Å². The maximum atomic E-state index is 13.2. The molecule has 0 N–H and O–H groups in total. The summed E-state index contributed by atoms with van der Waals surface area (Å²) in [5, 5.41) is 5.74. The number of ether oxygens (including phenoxy) is 1. The summed E-state index contributed by atoms with van der Waals surface area (Å²) in [6.45, 7) is 4.67. The monoisotopic (exact) mass is 513 g/mol. The molecule has 3 aromatic carbocycles. The second-order valence-corrected chi connectivity index (χ2v) is 10.0. The van der Waals surface area contributed by atoms with E-state index in [0.29, 0.717) is 44.0 Å². The van der Waals surface area contributed by atoms with Crippen LogP contribution in [0.1, 0.15) is 45.5 Å². The van der Waals surface area contributed by atoms with E-state index in [0.717, 1.165) is 46.1 Å². The van der Waals surface area contributed by atoms with Crippen LogP contribution in [0, 0.1) is 18.7 Å². The highest BCUT2D eigenvalue weighted by molar-refractivity contribution is 6.01. The zero-order valence-corrected chi connectivity index (χ0v) is 21.8. The smallest absolute Gasteiger partial charge is 0.253 e. The van der Waals surface area contributed by atoms with Crippen molar-refractivity contribution in [3.05, 3.63) is 89.4 Å². The Bertz CT molecular complexity index is 1440. The number of Topliss-reactive ketones (excluding diaryl/α,β-unsaturated/α-hetero) is 1. The Hall–Kier alpha value is -3.84. The number of halogens is 1. The van der Waals surface area contributed by atoms with Gasteiger partial charge in [0.15, 0.2) is 5.78 Å². The maximum Gasteiger partial charge on any atom is 0.253 e. The lowest BCUT2D eigenvalue weighted by Crippen LogP contribution is -2.29. The number of hydrogen-bond acceptors (Lipinski definition) is 4. The number of carbonyl (C=O) groups excluding carboxylic acids is 2. The van der Waals surface area contributed by atoms with E-state index in [-0.39, 0.29) is 17.5 Å². The molecule has 1 fully saturated rings. The fourth-order valence-corrected chi connectivity index (χ4v) is 5.25. The lowest BCUT2D eigenvalue weighted by atomic mass is 9.99. The number of aromatic nitrogens is 2. The minimum absolute atomic E-state index is 0.0243. The fourth-order valence-electron chi connectivity index (χ4n) is 5.25. The number of hydrogen-bond donors (Lipinski definition) is 0. The van der Waals surface area contributed by atoms with Crippen LogP contribution in [-0.4, -0.2) is 53.2 Å². The summed E-state index contributed by atoms with van der Waals surface area (Å²) < 4.78 is 20.2. The number of benzene rings is 3. The number of likely N-dealkylation sites (tertiary alicyclic amines) is 1. The van der Waals surface area contributed by atoms with Crippen molar-refractivity contribution in [2.75, 3.05) is 26.8 Å². The van der Waals surface area contributed by atoms with Gasteiger partial charge in [0.05, 0.1) is 5.52 Å². The SMILES string of the molecule is COCCCC(=O)c1ccc2nn(C[C@H]3CCN(C(=O)c4ccc(-c5ccc(F)cc5)cc4)C3)cc2c1C. The summed E-state index contributed by atoms with van der Waals surface area (Å²) in [4.78, 5) is 27.7. The van der Waals surface area contributed by atoms with Gasteiger partial charge in [0.2, 0.25) is 0 Å². The van der Waals surface area contributed by atoms with E-state index in [1.54, 1.807) is 19.2 Å². The van der Waals surface area contributed by atoms with E-state index in [9.17, 15) is 14.0 Å². The van der Waals surface area contributed by atoms with Gasteiger partial charge in [0.1, 0.15) is 5.82 Å². The lowest BCUT2D eigenvalue weighted by molar-refractivity contribution is 0.0785. The molecule has 0 saturated carbocycles. The molecule has 2 heterocycles. The molecule has 1 aliphatic rings. The number of aryl methyl sites for hydroxylation is 1. The number of carbonyl (C=O) groups is 2. The van der Waals surface area contributed by atoms with Crippen molar-refractivity contribution in [3.8, 4) is 11.1 Å². The van der Waals surface area contributed by atoms with Gasteiger partial charge < -0.3 is 9.64 Å². The predicted octanol–water partition coefficient (Wildman–Crippen LogP) is 5.92. The molecule has 0 radical (unpaired) electrons. The van der Waals surface area contributed by atoms with Gasteiger partial charge in [-0.1, -0.05) is 24.3 Å². The van der Waals surface area contributed by atoms with Crippen molar-refractivity contribution in [2.24, 2.45) is 5.92 Å². The van der Waals surface area contributed by atoms with Crippen LogP contribution >= 0.6 is 0 Å². The molecule has 4 aromatic rings. The second kappa shape index (κ2) is 11.3. The van der Waals surface area contributed by atoms with Crippen LogP contribution in [-0.2, 0) is 11.3 Å². The molecule has 0 bridgehead atoms. The van der Waals surface area contributed by atoms with Crippen LogP contribution < -0.4 is 0 Å². The van der Waals surface area contributed by atoms with Gasteiger partial charge in [-0.3, -0.25) is 14.3 Å². The first-order valence-corrected chi connectivity index (χ1v) is 13.1. The summed E-state index contributed by atoms with van der Waals surface area (Å²) in [6.07, 6.45) is 4.11. The minimum Gasteiger partial charge on any atom is -0.385 e. The predicted molar refractivity (Wildman–Crippen MR) is 146 cm³/mol. The van der Waals surface area contributed by atoms with Crippen molar-refractivity contribution < 1.29 is 18.7 Å². The Morgan fingerprint density at radius 2 is 1.74 bits per heavy atom. The molecule has 196 valence electrons. The van der Waals surface area contributed by atoms with Crippen LogP contribution in [0.4, 0.5) is 4.39 Å². The highest BCUT2D eigenvalue weighted by Crippen LogP contribution is 2.26. The average molecular weight is 514 g/mol. The standard InChI is InChI=1S/C31H32FN3O3/c1-21-27(30(36)4-3-17-38-2)13-14-29-28(21)20-35(33-29)19-22-15-16-34(18-22)31(37)25-7-5-23(6-8-25)24-9-11-26(32)12-10-24/h5-14,20,22H,3-4,15-19H2,1-2H3/t22-/m0/s1. The molecule has 1 aromatic heterocycles. The van der Waals surface area contributed by atoms with Crippen molar-refractivity contribution in [1.29, 1.82) is 0 Å². The first kappa shape index (κ1) is 25.8. The Morgan fingerprint density at radius 1 is 1.03 bits per heavy atom. The van der Waals surface area contributed by atoms with E-state index in [1.165, 1.54) is 12.1 Å². The minimum atomic E-state index is -0.268. The van der Waals surface area contributed by atoms with Crippen molar-refractivity contribution >= 4 is 22.6 Å². The molecule has 0 aliphatic carbocycles. The Labute approximate surface area is 222 Å². The third-order valence-electron chi connectivity index (χ3n) is 7.39. The van der Waals surface area contributed by atoms with E-state index in [4.69, 9.17) is 9.84 Å². The highest BCUT2D eigenvalue weighted by Gasteiger charge is 2.27. The topological polar surface area (TPSA) is 64.4 Å². The van der Waals surface area contributed by atoms with Gasteiger partial charge in [-0.05, 0) is 78.8 Å². The molecule has 0 spiro atoms. The van der Waals surface area contributed by atoms with Crippen LogP contribution in [0.15, 0.2) is 66.9 Å². The fraction of sp³-hybridized carbons (Fsp3) is 0.323. The Kier molecular flexibility index (Phi) is 7.65. The number of rotatable bonds is 9. The second-order valence-electron chi connectivity index (χ2n) is 10.0. The largest absolute Gasteiger partial charge is 0.385 e. The first-order chi connectivity index (χ1) is 18.4. The molecule has 6 nitrogen and oxygen atoms in total. The quantitative estimate of drug-likeness (QED) is 0.206. The van der Waals surface area contributed by atoms with E-state index in [1.807, 2.05) is 59.1 Å². The summed E-state index contributed by atoms with van der Waals surface area (Å²) in [5.41, 5.74) is 5.10. The first-order valence-electron chi connectivity index (χ1n) is 13.1. The molecule has 1 saturated heterocycles. The summed E-state index contributed by atoms with van der Waals surface area (Å²) in [7, 11) is 1.64. The Balaban J connectivity index is 1.21. The molecule has 0 unspecified atom stereocenters. The molecule has 38 heavy (non-hydrogen) atoms. The number of amides is 1. The molecule has 7 heteroatoms. The molecule has 1 aliphatic heterocycles. The molecule has 5 rings (SSSR count). The van der Waals surface area contributed by atoms with Gasteiger partial charge in [0, 0.05) is 62.5 Å². The van der Waals surface area contributed by atoms with Gasteiger partial charge in [-0.15, -0.1) is 0 Å². The summed E-state index contributed by atoms with van der Waals surface area (Å²) in [6, 6.07) is 17.6. The van der Waals surface area contributed by atoms with Crippen LogP contribution in [0.5, 0.6) is 0 Å². The van der Waals surface area contributed by atoms with Gasteiger partial charge >= 0.3 is 0 Å². The molecule has 1 amide bonds. The molecular weight excluding hydrogens is 481 g/mol. The number of ketones is 1. The van der Waals surface area contributed by atoms with E-state index >= 15 is 0 Å². The van der Waals surface area contributed by atoms with Crippen LogP contribution in [0.3, 0.4) is 0 Å². The molecule has 1 atom stereocenters. The third kappa shape index (κ3) is 5.53. The Morgan fingerprint density at radius 3 is 2.45 bits per heavy atom. The number of nitrogens with zero attached hydrogens (tertiary/aromatic N) is 3. The van der Waals surface area contributed by atoms with Crippen LogP contribution in [0.2, 0.25) is 0 Å². The number of methoxy groups -OCH3 is 1. The number of fused-ring (bicyclic) bond motifs is 1. The lowest BCUT2D eigenvalue weighted by Gasteiger charge is -2.17. The van der Waals surface area contributed by atoms with E-state index < -0.39 is 0 Å². The van der Waals surface area contributed by atoms with Gasteiger partial charge in [-0.25, -0.2) is 4.39 Å². The highest BCUT2D eigenvalue weighted by atomic mass is 19.1. The zero-order valence-electron chi connectivity index (χ0n) is 21.8.